The van der Waals surface area contributed by atoms with E-state index in [1.807, 2.05) is 58.5 Å². The van der Waals surface area contributed by atoms with Crippen LogP contribution in [-0.2, 0) is 0 Å². The standard InChI is InChI=1S/C25H23N5O/c1-15-9-3-8-14-20(15)30-23-21(22-24(30)28-19-13-7-6-12-18(19)27-22)25(31)29(16(2)26-23)17-10-4-5-11-17/h3,6-9,12-14,17H,4-5,10-11H2,1-2H3. The maximum atomic E-state index is 13.9. The second kappa shape index (κ2) is 6.74. The normalized spacial score (nSPS) is 14.9. The molecule has 3 heterocycles. The summed E-state index contributed by atoms with van der Waals surface area (Å²) in [7, 11) is 0. The van der Waals surface area contributed by atoms with E-state index in [1.54, 1.807) is 0 Å². The average Bonchev–Trinajstić information content (AvgIpc) is 3.39. The highest BCUT2D eigenvalue weighted by molar-refractivity contribution is 6.06. The maximum absolute atomic E-state index is 13.9. The van der Waals surface area contributed by atoms with Crippen LogP contribution < -0.4 is 5.56 Å². The number of fused-ring (bicyclic) bond motifs is 4. The van der Waals surface area contributed by atoms with Gasteiger partial charge in [0.25, 0.3) is 5.56 Å². The Labute approximate surface area is 179 Å². The van der Waals surface area contributed by atoms with Crippen molar-refractivity contribution in [1.29, 1.82) is 0 Å². The van der Waals surface area contributed by atoms with E-state index in [2.05, 4.69) is 13.0 Å². The van der Waals surface area contributed by atoms with Crippen molar-refractivity contribution in [1.82, 2.24) is 24.1 Å². The fourth-order valence-corrected chi connectivity index (χ4v) is 5.04. The Morgan fingerprint density at radius 2 is 1.52 bits per heavy atom. The van der Waals surface area contributed by atoms with Crippen LogP contribution >= 0.6 is 0 Å². The van der Waals surface area contributed by atoms with Crippen LogP contribution in [0.25, 0.3) is 38.9 Å². The van der Waals surface area contributed by atoms with Crippen molar-refractivity contribution in [2.75, 3.05) is 0 Å². The Hall–Kier alpha value is -3.54. The third kappa shape index (κ3) is 2.64. The van der Waals surface area contributed by atoms with Crippen LogP contribution in [-0.4, -0.2) is 24.1 Å². The third-order valence-electron chi connectivity index (χ3n) is 6.53. The predicted molar refractivity (Wildman–Crippen MR) is 123 cm³/mol. The van der Waals surface area contributed by atoms with Gasteiger partial charge in [-0.2, -0.15) is 0 Å². The van der Waals surface area contributed by atoms with Crippen molar-refractivity contribution in [2.45, 2.75) is 45.6 Å². The molecule has 6 rings (SSSR count). The predicted octanol–water partition coefficient (Wildman–Crippen LogP) is 5.02. The van der Waals surface area contributed by atoms with E-state index in [-0.39, 0.29) is 11.6 Å². The average molecular weight is 409 g/mol. The lowest BCUT2D eigenvalue weighted by Crippen LogP contribution is -2.27. The minimum Gasteiger partial charge on any atom is -0.293 e. The molecule has 1 aliphatic rings. The van der Waals surface area contributed by atoms with Gasteiger partial charge in [0.1, 0.15) is 16.7 Å². The van der Waals surface area contributed by atoms with Gasteiger partial charge in [-0.3, -0.25) is 13.9 Å². The molecule has 5 aromatic rings. The molecule has 3 aromatic heterocycles. The molecule has 0 atom stereocenters. The van der Waals surface area contributed by atoms with Gasteiger partial charge in [0.2, 0.25) is 0 Å². The molecule has 0 amide bonds. The van der Waals surface area contributed by atoms with E-state index >= 15 is 0 Å². The van der Waals surface area contributed by atoms with E-state index in [4.69, 9.17) is 15.0 Å². The largest absolute Gasteiger partial charge is 0.293 e. The first-order valence-electron chi connectivity index (χ1n) is 10.9. The molecule has 0 aliphatic heterocycles. The molecular formula is C25H23N5O. The molecule has 2 aromatic carbocycles. The van der Waals surface area contributed by atoms with Crippen LogP contribution in [0.1, 0.15) is 43.1 Å². The lowest BCUT2D eigenvalue weighted by Gasteiger charge is -2.17. The first kappa shape index (κ1) is 18.2. The summed E-state index contributed by atoms with van der Waals surface area (Å²) in [6, 6.07) is 16.1. The number of hydrogen-bond acceptors (Lipinski definition) is 4. The molecule has 6 nitrogen and oxygen atoms in total. The van der Waals surface area contributed by atoms with Crippen LogP contribution in [0.5, 0.6) is 0 Å². The van der Waals surface area contributed by atoms with E-state index in [1.165, 1.54) is 0 Å². The molecule has 6 heteroatoms. The summed E-state index contributed by atoms with van der Waals surface area (Å²) >= 11 is 0. The van der Waals surface area contributed by atoms with Crippen molar-refractivity contribution >= 4 is 33.2 Å². The van der Waals surface area contributed by atoms with Gasteiger partial charge in [0.05, 0.1) is 16.7 Å². The van der Waals surface area contributed by atoms with Gasteiger partial charge in [0, 0.05) is 6.04 Å². The lowest BCUT2D eigenvalue weighted by molar-refractivity contribution is 0.485. The minimum absolute atomic E-state index is 0.00341. The summed E-state index contributed by atoms with van der Waals surface area (Å²) in [5.74, 6) is 0.756. The van der Waals surface area contributed by atoms with Crippen LogP contribution in [0.2, 0.25) is 0 Å². The van der Waals surface area contributed by atoms with E-state index < -0.39 is 0 Å². The number of aromatic nitrogens is 5. The molecule has 1 aliphatic carbocycles. The summed E-state index contributed by atoms with van der Waals surface area (Å²) in [6.07, 6.45) is 4.37. The zero-order valence-corrected chi connectivity index (χ0v) is 17.7. The summed E-state index contributed by atoms with van der Waals surface area (Å²) in [5, 5.41) is 0.564. The summed E-state index contributed by atoms with van der Waals surface area (Å²) < 4.78 is 3.90. The molecule has 1 saturated carbocycles. The van der Waals surface area contributed by atoms with Crippen molar-refractivity contribution in [3.63, 3.8) is 0 Å². The molecule has 0 saturated heterocycles. The fourth-order valence-electron chi connectivity index (χ4n) is 5.04. The fraction of sp³-hybridized carbons (Fsp3) is 0.280. The van der Waals surface area contributed by atoms with Gasteiger partial charge >= 0.3 is 0 Å². The first-order valence-corrected chi connectivity index (χ1v) is 10.9. The third-order valence-corrected chi connectivity index (χ3v) is 6.53. The number of rotatable bonds is 2. The number of benzene rings is 2. The Balaban J connectivity index is 1.82. The Morgan fingerprint density at radius 3 is 2.26 bits per heavy atom. The van der Waals surface area contributed by atoms with E-state index in [9.17, 15) is 4.79 Å². The zero-order chi connectivity index (χ0) is 21.1. The van der Waals surface area contributed by atoms with Gasteiger partial charge < -0.3 is 0 Å². The van der Waals surface area contributed by atoms with Crippen molar-refractivity contribution in [3.05, 3.63) is 70.3 Å². The molecule has 0 spiro atoms. The summed E-state index contributed by atoms with van der Waals surface area (Å²) in [4.78, 5) is 28.7. The molecule has 154 valence electrons. The Bertz CT molecular complexity index is 1540. The van der Waals surface area contributed by atoms with Gasteiger partial charge in [-0.15, -0.1) is 0 Å². The maximum Gasteiger partial charge on any atom is 0.265 e. The second-order valence-electron chi connectivity index (χ2n) is 8.48. The van der Waals surface area contributed by atoms with Gasteiger partial charge in [0.15, 0.2) is 11.3 Å². The van der Waals surface area contributed by atoms with Crippen molar-refractivity contribution < 1.29 is 0 Å². The molecule has 0 unspecified atom stereocenters. The highest BCUT2D eigenvalue weighted by atomic mass is 16.1. The van der Waals surface area contributed by atoms with Crippen molar-refractivity contribution in [3.8, 4) is 5.69 Å². The molecule has 0 bridgehead atoms. The Kier molecular flexibility index (Phi) is 3.96. The first-order chi connectivity index (χ1) is 15.1. The quantitative estimate of drug-likeness (QED) is 0.411. The highest BCUT2D eigenvalue weighted by Gasteiger charge is 2.26. The minimum atomic E-state index is -0.00341. The molecule has 0 N–H and O–H groups in total. The lowest BCUT2D eigenvalue weighted by atomic mass is 10.2. The Morgan fingerprint density at radius 1 is 0.839 bits per heavy atom. The van der Waals surface area contributed by atoms with Gasteiger partial charge in [-0.1, -0.05) is 43.2 Å². The zero-order valence-electron chi connectivity index (χ0n) is 17.7. The van der Waals surface area contributed by atoms with Crippen LogP contribution in [0.15, 0.2) is 53.3 Å². The molecule has 0 radical (unpaired) electrons. The number of para-hydroxylation sites is 3. The monoisotopic (exact) mass is 409 g/mol. The topological polar surface area (TPSA) is 65.6 Å². The van der Waals surface area contributed by atoms with Gasteiger partial charge in [-0.05, 0) is 50.5 Å². The highest BCUT2D eigenvalue weighted by Crippen LogP contribution is 2.33. The second-order valence-corrected chi connectivity index (χ2v) is 8.48. The number of hydrogen-bond donors (Lipinski definition) is 0. The number of nitrogens with zero attached hydrogens (tertiary/aromatic N) is 5. The van der Waals surface area contributed by atoms with Crippen molar-refractivity contribution in [2.24, 2.45) is 0 Å². The smallest absolute Gasteiger partial charge is 0.265 e. The van der Waals surface area contributed by atoms with Crippen LogP contribution in [0.4, 0.5) is 0 Å². The van der Waals surface area contributed by atoms with Crippen LogP contribution in [0, 0.1) is 13.8 Å². The summed E-state index contributed by atoms with van der Waals surface area (Å²) in [6.45, 7) is 4.00. The number of aryl methyl sites for hydroxylation is 2. The summed E-state index contributed by atoms with van der Waals surface area (Å²) in [5.41, 5.74) is 5.59. The van der Waals surface area contributed by atoms with Crippen LogP contribution in [0.3, 0.4) is 0 Å². The van der Waals surface area contributed by atoms with E-state index in [0.29, 0.717) is 22.2 Å². The molecule has 31 heavy (non-hydrogen) atoms. The molecular weight excluding hydrogens is 386 g/mol. The molecule has 1 fully saturated rings. The SMILES string of the molecule is Cc1ccccc1-n1c2nc3ccccc3nc2c2c(=O)n(C3CCCC3)c(C)nc21. The van der Waals surface area contributed by atoms with E-state index in [0.717, 1.165) is 53.8 Å². The van der Waals surface area contributed by atoms with Gasteiger partial charge in [-0.25, -0.2) is 15.0 Å².